The Morgan fingerprint density at radius 3 is 2.46 bits per heavy atom. The van der Waals surface area contributed by atoms with Gasteiger partial charge in [-0.3, -0.25) is 9.69 Å². The number of piperazine rings is 1. The molecule has 3 N–H and O–H groups in total. The fourth-order valence-corrected chi connectivity index (χ4v) is 2.90. The van der Waals surface area contributed by atoms with Gasteiger partial charge in [0.15, 0.2) is 0 Å². The molecule has 26 heavy (non-hydrogen) atoms. The number of amides is 1. The third-order valence-electron chi connectivity index (χ3n) is 4.59. The molecule has 1 aliphatic heterocycles. The number of benzene rings is 2. The van der Waals surface area contributed by atoms with Crippen LogP contribution in [0.2, 0.25) is 0 Å². The molecular formula is C20H26N4O2. The molecule has 6 heteroatoms. The second-order valence-corrected chi connectivity index (χ2v) is 6.56. The van der Waals surface area contributed by atoms with Crippen LogP contribution in [0.3, 0.4) is 0 Å². The van der Waals surface area contributed by atoms with Crippen molar-refractivity contribution in [2.24, 2.45) is 0 Å². The van der Waals surface area contributed by atoms with Crippen LogP contribution in [-0.4, -0.2) is 62.1 Å². The van der Waals surface area contributed by atoms with E-state index in [4.69, 9.17) is 10.5 Å². The zero-order valence-corrected chi connectivity index (χ0v) is 15.1. The number of nitrogens with one attached hydrogen (secondary N) is 1. The highest BCUT2D eigenvalue weighted by Crippen LogP contribution is 2.18. The van der Waals surface area contributed by atoms with E-state index in [9.17, 15) is 4.79 Å². The highest BCUT2D eigenvalue weighted by atomic mass is 16.5. The lowest BCUT2D eigenvalue weighted by atomic mass is 10.1. The summed E-state index contributed by atoms with van der Waals surface area (Å²) in [5.41, 5.74) is 7.49. The van der Waals surface area contributed by atoms with Crippen LogP contribution in [0.5, 0.6) is 5.75 Å². The highest BCUT2D eigenvalue weighted by Gasteiger charge is 2.13. The Kier molecular flexibility index (Phi) is 6.09. The molecule has 0 atom stereocenters. The third kappa shape index (κ3) is 4.97. The molecule has 1 heterocycles. The average Bonchev–Trinajstić information content (AvgIpc) is 2.65. The Hall–Kier alpha value is -2.57. The van der Waals surface area contributed by atoms with Crippen LogP contribution in [-0.2, 0) is 0 Å². The molecule has 0 radical (unpaired) electrons. The largest absolute Gasteiger partial charge is 0.492 e. The van der Waals surface area contributed by atoms with Crippen molar-refractivity contribution in [3.63, 3.8) is 0 Å². The molecule has 3 rings (SSSR count). The molecule has 1 fully saturated rings. The van der Waals surface area contributed by atoms with Crippen molar-refractivity contribution < 1.29 is 9.53 Å². The van der Waals surface area contributed by atoms with Gasteiger partial charge >= 0.3 is 0 Å². The summed E-state index contributed by atoms with van der Waals surface area (Å²) in [4.78, 5) is 17.0. The van der Waals surface area contributed by atoms with Gasteiger partial charge in [0, 0.05) is 44.1 Å². The molecule has 0 aromatic heterocycles. The lowest BCUT2D eigenvalue weighted by Gasteiger charge is -2.32. The predicted octanol–water partition coefficient (Wildman–Crippen LogP) is 2.15. The van der Waals surface area contributed by atoms with E-state index < -0.39 is 0 Å². The zero-order chi connectivity index (χ0) is 18.4. The molecule has 138 valence electrons. The van der Waals surface area contributed by atoms with Crippen LogP contribution in [0.25, 0.3) is 0 Å². The summed E-state index contributed by atoms with van der Waals surface area (Å²) in [6, 6.07) is 14.4. The molecule has 2 aromatic carbocycles. The summed E-state index contributed by atoms with van der Waals surface area (Å²) < 4.78 is 5.81. The number of nitrogen functional groups attached to an aromatic ring is 1. The number of rotatable bonds is 6. The molecule has 1 amide bonds. The van der Waals surface area contributed by atoms with E-state index in [1.807, 2.05) is 24.3 Å². The summed E-state index contributed by atoms with van der Waals surface area (Å²) in [5.74, 6) is 0.586. The van der Waals surface area contributed by atoms with E-state index >= 15 is 0 Å². The zero-order valence-electron chi connectivity index (χ0n) is 15.1. The van der Waals surface area contributed by atoms with E-state index in [1.165, 1.54) is 0 Å². The molecule has 0 unspecified atom stereocenters. The van der Waals surface area contributed by atoms with Crippen molar-refractivity contribution in [3.8, 4) is 5.75 Å². The minimum absolute atomic E-state index is 0.216. The van der Waals surface area contributed by atoms with Gasteiger partial charge in [0.05, 0.1) is 5.56 Å². The molecule has 6 nitrogen and oxygen atoms in total. The first-order chi connectivity index (χ1) is 12.6. The average molecular weight is 354 g/mol. The van der Waals surface area contributed by atoms with E-state index in [1.54, 1.807) is 24.3 Å². The maximum absolute atomic E-state index is 12.3. The van der Waals surface area contributed by atoms with Crippen LogP contribution in [0.15, 0.2) is 48.5 Å². The Balaban J connectivity index is 1.46. The lowest BCUT2D eigenvalue weighted by molar-refractivity contribution is 0.102. The molecule has 1 saturated heterocycles. The van der Waals surface area contributed by atoms with Crippen LogP contribution in [0.1, 0.15) is 10.4 Å². The monoisotopic (exact) mass is 354 g/mol. The molecule has 0 aliphatic carbocycles. The van der Waals surface area contributed by atoms with E-state index in [0.29, 0.717) is 23.5 Å². The van der Waals surface area contributed by atoms with Crippen LogP contribution >= 0.6 is 0 Å². The highest BCUT2D eigenvalue weighted by molar-refractivity contribution is 6.07. The van der Waals surface area contributed by atoms with Crippen LogP contribution in [0, 0.1) is 0 Å². The molecule has 0 bridgehead atoms. The maximum atomic E-state index is 12.3. The van der Waals surface area contributed by atoms with Gasteiger partial charge in [0.25, 0.3) is 5.91 Å². The number of nitrogens with zero attached hydrogens (tertiary/aromatic N) is 2. The predicted molar refractivity (Wildman–Crippen MR) is 105 cm³/mol. The number of carbonyl (C=O) groups excluding carboxylic acids is 1. The molecule has 0 saturated carbocycles. The fraction of sp³-hybridized carbons (Fsp3) is 0.350. The number of likely N-dealkylation sites (N-methyl/N-ethyl adjacent to an activating group) is 1. The first kappa shape index (κ1) is 18.2. The minimum atomic E-state index is -0.216. The quantitative estimate of drug-likeness (QED) is 0.778. The number of anilines is 2. The van der Waals surface area contributed by atoms with Gasteiger partial charge in [0.2, 0.25) is 0 Å². The third-order valence-corrected chi connectivity index (χ3v) is 4.59. The Morgan fingerprint density at radius 2 is 1.77 bits per heavy atom. The second kappa shape index (κ2) is 8.69. The van der Waals surface area contributed by atoms with Crippen molar-refractivity contribution in [1.82, 2.24) is 9.80 Å². The lowest BCUT2D eigenvalue weighted by Crippen LogP contribution is -2.45. The van der Waals surface area contributed by atoms with Crippen molar-refractivity contribution in [2.75, 3.05) is 57.4 Å². The normalized spacial score (nSPS) is 15.6. The van der Waals surface area contributed by atoms with Crippen LogP contribution in [0.4, 0.5) is 11.4 Å². The maximum Gasteiger partial charge on any atom is 0.257 e. The van der Waals surface area contributed by atoms with E-state index in [2.05, 4.69) is 22.2 Å². The SMILES string of the molecule is CN1CCN(CCOc2ccc(NC(=O)c3ccccc3N)cc2)CC1. The van der Waals surface area contributed by atoms with Gasteiger partial charge in [-0.15, -0.1) is 0 Å². The van der Waals surface area contributed by atoms with Gasteiger partial charge in [-0.05, 0) is 43.4 Å². The first-order valence-corrected chi connectivity index (χ1v) is 8.91. The Labute approximate surface area is 154 Å². The topological polar surface area (TPSA) is 70.8 Å². The van der Waals surface area contributed by atoms with Gasteiger partial charge in [-0.25, -0.2) is 0 Å². The Morgan fingerprint density at radius 1 is 1.08 bits per heavy atom. The minimum Gasteiger partial charge on any atom is -0.492 e. The van der Waals surface area contributed by atoms with Crippen molar-refractivity contribution in [3.05, 3.63) is 54.1 Å². The number of nitrogens with two attached hydrogens (primary N) is 1. The summed E-state index contributed by atoms with van der Waals surface area (Å²) in [5, 5.41) is 2.85. The standard InChI is InChI=1S/C20H26N4O2/c1-23-10-12-24(13-11-23)14-15-26-17-8-6-16(7-9-17)22-20(25)18-4-2-3-5-19(18)21/h2-9H,10-15,21H2,1H3,(H,22,25). The molecular weight excluding hydrogens is 328 g/mol. The van der Waals surface area contributed by atoms with Crippen molar-refractivity contribution in [2.45, 2.75) is 0 Å². The van der Waals surface area contributed by atoms with Crippen LogP contribution < -0.4 is 15.8 Å². The first-order valence-electron chi connectivity index (χ1n) is 8.91. The summed E-state index contributed by atoms with van der Waals surface area (Å²) >= 11 is 0. The van der Waals surface area contributed by atoms with Gasteiger partial charge in [-0.2, -0.15) is 0 Å². The van der Waals surface area contributed by atoms with E-state index in [-0.39, 0.29) is 5.91 Å². The summed E-state index contributed by atoms with van der Waals surface area (Å²) in [6.45, 7) is 6.00. The Bertz CT molecular complexity index is 725. The number of hydrogen-bond donors (Lipinski definition) is 2. The van der Waals surface area contributed by atoms with Gasteiger partial charge < -0.3 is 20.7 Å². The number of carbonyl (C=O) groups is 1. The summed E-state index contributed by atoms with van der Waals surface area (Å²) in [7, 11) is 2.15. The second-order valence-electron chi connectivity index (χ2n) is 6.56. The fourth-order valence-electron chi connectivity index (χ4n) is 2.90. The molecule has 2 aromatic rings. The van der Waals surface area contributed by atoms with Gasteiger partial charge in [-0.1, -0.05) is 12.1 Å². The number of hydrogen-bond acceptors (Lipinski definition) is 5. The smallest absolute Gasteiger partial charge is 0.257 e. The van der Waals surface area contributed by atoms with Crippen molar-refractivity contribution >= 4 is 17.3 Å². The number of para-hydroxylation sites is 1. The summed E-state index contributed by atoms with van der Waals surface area (Å²) in [6.07, 6.45) is 0. The van der Waals surface area contributed by atoms with Gasteiger partial charge in [0.1, 0.15) is 12.4 Å². The molecule has 0 spiro atoms. The number of ether oxygens (including phenoxy) is 1. The van der Waals surface area contributed by atoms with Crippen molar-refractivity contribution in [1.29, 1.82) is 0 Å². The molecule has 1 aliphatic rings. The van der Waals surface area contributed by atoms with E-state index in [0.717, 1.165) is 38.5 Å².